The molecule has 0 heterocycles. The first-order chi connectivity index (χ1) is 21.8. The van der Waals surface area contributed by atoms with Gasteiger partial charge in [-0.3, -0.25) is 9.59 Å². The molecule has 8 rings (SSSR count). The van der Waals surface area contributed by atoms with E-state index in [0.717, 1.165) is 74.0 Å². The summed E-state index contributed by atoms with van der Waals surface area (Å²) in [5, 5.41) is 28.1. The van der Waals surface area contributed by atoms with Crippen molar-refractivity contribution < 1.29 is 28.5 Å². The maximum Gasteiger partial charge on any atom is 0.308 e. The van der Waals surface area contributed by atoms with Gasteiger partial charge in [-0.1, -0.05) is 0 Å². The molecule has 4 unspecified atom stereocenters. The van der Waals surface area contributed by atoms with Crippen LogP contribution in [-0.4, -0.2) is 46.8 Å². The zero-order valence-electron chi connectivity index (χ0n) is 28.2. The van der Waals surface area contributed by atoms with Gasteiger partial charge in [-0.25, -0.2) is 0 Å². The second-order valence-electron chi connectivity index (χ2n) is 16.5. The van der Waals surface area contributed by atoms with Gasteiger partial charge in [0.15, 0.2) is 11.1 Å². The molecule has 4 atom stereocenters. The molecule has 8 saturated carbocycles. The summed E-state index contributed by atoms with van der Waals surface area (Å²) in [5.74, 6) is 3.48. The van der Waals surface area contributed by atoms with Crippen LogP contribution in [0.3, 0.4) is 0 Å². The minimum atomic E-state index is -1.33. The number of esters is 2. The summed E-state index contributed by atoms with van der Waals surface area (Å²) in [5.41, 5.74) is -3.00. The molecule has 252 valence electrons. The molecule has 0 radical (unpaired) electrons. The van der Waals surface area contributed by atoms with Crippen molar-refractivity contribution in [2.45, 2.75) is 165 Å². The lowest BCUT2D eigenvalue weighted by molar-refractivity contribution is -0.246. The number of nitriles is 2. The molecule has 8 aliphatic carbocycles. The Kier molecular flexibility index (Phi) is 9.28. The second-order valence-corrected chi connectivity index (χ2v) is 16.5. The third kappa shape index (κ3) is 7.60. The van der Waals surface area contributed by atoms with E-state index in [1.807, 2.05) is 0 Å². The summed E-state index contributed by atoms with van der Waals surface area (Å²) in [7, 11) is 0. The average molecular weight is 637 g/mol. The van der Waals surface area contributed by atoms with E-state index < -0.39 is 35.6 Å². The molecule has 0 saturated heterocycles. The van der Waals surface area contributed by atoms with Gasteiger partial charge in [-0.2, -0.15) is 20.8 Å². The highest BCUT2D eigenvalue weighted by Crippen LogP contribution is 2.58. The SMILES string of the molecule is CC(OC(=O)CCC(C)(C#N)/N=N\C(C)(C#N)CCC(=O)OC(C)OC12CC3CC(CC(C3)C1)C2)OC12CC3CC(CC(C3)C1)C2. The van der Waals surface area contributed by atoms with Gasteiger partial charge in [0.05, 0.1) is 23.3 Å². The second kappa shape index (κ2) is 12.8. The van der Waals surface area contributed by atoms with Crippen LogP contribution in [0.2, 0.25) is 0 Å². The Morgan fingerprint density at radius 2 is 0.935 bits per heavy atom. The zero-order valence-corrected chi connectivity index (χ0v) is 28.2. The van der Waals surface area contributed by atoms with Crippen molar-refractivity contribution >= 4 is 11.9 Å². The van der Waals surface area contributed by atoms with Gasteiger partial charge in [0.1, 0.15) is 0 Å². The Bertz CT molecular complexity index is 1120. The largest absolute Gasteiger partial charge is 0.436 e. The summed E-state index contributed by atoms with van der Waals surface area (Å²) in [6.45, 7) is 6.71. The van der Waals surface area contributed by atoms with Gasteiger partial charge in [0.2, 0.25) is 12.6 Å². The molecule has 8 aliphatic rings. The van der Waals surface area contributed by atoms with E-state index in [4.69, 9.17) is 18.9 Å². The molecule has 0 aromatic rings. The van der Waals surface area contributed by atoms with E-state index in [2.05, 4.69) is 22.4 Å². The van der Waals surface area contributed by atoms with Crippen molar-refractivity contribution in [1.29, 1.82) is 10.5 Å². The van der Waals surface area contributed by atoms with E-state index in [0.29, 0.717) is 0 Å². The van der Waals surface area contributed by atoms with Crippen LogP contribution in [0.15, 0.2) is 10.2 Å². The lowest BCUT2D eigenvalue weighted by Gasteiger charge is -2.56. The molecule has 0 aromatic heterocycles. The Hall–Kier alpha value is -2.56. The van der Waals surface area contributed by atoms with Crippen molar-refractivity contribution in [2.24, 2.45) is 45.7 Å². The summed E-state index contributed by atoms with van der Waals surface area (Å²) < 4.78 is 24.0. The first kappa shape index (κ1) is 33.3. The summed E-state index contributed by atoms with van der Waals surface area (Å²) in [6.07, 6.45) is 13.0. The third-order valence-corrected chi connectivity index (χ3v) is 12.0. The predicted octanol–water partition coefficient (Wildman–Crippen LogP) is 7.31. The highest BCUT2D eigenvalue weighted by atomic mass is 16.7. The van der Waals surface area contributed by atoms with Crippen LogP contribution < -0.4 is 0 Å². The number of hydrogen-bond donors (Lipinski definition) is 0. The maximum absolute atomic E-state index is 12.7. The molecular formula is C36H52N4O6. The summed E-state index contributed by atoms with van der Waals surface area (Å²) >= 11 is 0. The molecule has 46 heavy (non-hydrogen) atoms. The standard InChI is InChI=1S/C36H52N4O6/c1-23(45-35-15-25-9-26(16-35)11-27(10-25)17-35)43-31(41)5-7-33(3,21-37)39-40-34(4,22-38)8-6-32(42)44-24(2)46-36-18-28-12-29(19-36)14-30(13-28)20-36/h23-30H,5-20H2,1-4H3/b40-39-. The Morgan fingerprint density at radius 3 is 1.20 bits per heavy atom. The normalized spacial score (nSPS) is 39.2. The minimum absolute atomic E-state index is 0.0329. The number of rotatable bonds is 14. The first-order valence-corrected chi connectivity index (χ1v) is 17.8. The molecule has 10 heteroatoms. The van der Waals surface area contributed by atoms with Gasteiger partial charge < -0.3 is 18.9 Å². The fourth-order valence-electron chi connectivity index (χ4n) is 10.8. The summed E-state index contributed by atoms with van der Waals surface area (Å²) in [4.78, 5) is 25.5. The monoisotopic (exact) mass is 636 g/mol. The number of azo groups is 1. The first-order valence-electron chi connectivity index (χ1n) is 17.8. The Balaban J connectivity index is 0.935. The number of carbonyl (C=O) groups excluding carboxylic acids is 2. The molecule has 0 aromatic carbocycles. The average Bonchev–Trinajstić information content (AvgIpc) is 2.96. The number of hydrogen-bond acceptors (Lipinski definition) is 10. The van der Waals surface area contributed by atoms with Crippen LogP contribution in [0.25, 0.3) is 0 Å². The molecule has 0 aliphatic heterocycles. The third-order valence-electron chi connectivity index (χ3n) is 12.0. The van der Waals surface area contributed by atoms with E-state index in [9.17, 15) is 20.1 Å². The van der Waals surface area contributed by atoms with Crippen molar-refractivity contribution in [1.82, 2.24) is 0 Å². The van der Waals surface area contributed by atoms with Gasteiger partial charge in [0.25, 0.3) is 0 Å². The maximum atomic E-state index is 12.7. The van der Waals surface area contributed by atoms with Crippen LogP contribution in [-0.2, 0) is 28.5 Å². The van der Waals surface area contributed by atoms with Crippen molar-refractivity contribution in [2.75, 3.05) is 0 Å². The Labute approximate surface area is 273 Å². The van der Waals surface area contributed by atoms with E-state index >= 15 is 0 Å². The topological polar surface area (TPSA) is 143 Å². The van der Waals surface area contributed by atoms with Crippen molar-refractivity contribution in [3.63, 3.8) is 0 Å². The van der Waals surface area contributed by atoms with Crippen molar-refractivity contribution in [3.8, 4) is 12.1 Å². The molecule has 0 spiro atoms. The van der Waals surface area contributed by atoms with Crippen molar-refractivity contribution in [3.05, 3.63) is 0 Å². The highest BCUT2D eigenvalue weighted by molar-refractivity contribution is 5.70. The van der Waals surface area contributed by atoms with Gasteiger partial charge in [-0.15, -0.1) is 0 Å². The van der Waals surface area contributed by atoms with Crippen LogP contribution in [0.4, 0.5) is 0 Å². The Morgan fingerprint density at radius 1 is 0.652 bits per heavy atom. The zero-order chi connectivity index (χ0) is 32.7. The molecular weight excluding hydrogens is 584 g/mol. The van der Waals surface area contributed by atoms with Gasteiger partial charge in [0, 0.05) is 12.8 Å². The van der Waals surface area contributed by atoms with E-state index in [1.54, 1.807) is 27.7 Å². The quantitative estimate of drug-likeness (QED) is 0.110. The number of nitrogens with zero attached hydrogens (tertiary/aromatic N) is 4. The highest BCUT2D eigenvalue weighted by Gasteiger charge is 2.53. The minimum Gasteiger partial charge on any atom is -0.436 e. The van der Waals surface area contributed by atoms with Crippen LogP contribution in [0, 0.1) is 58.2 Å². The molecule has 8 fully saturated rings. The molecule has 0 amide bonds. The predicted molar refractivity (Wildman–Crippen MR) is 166 cm³/mol. The lowest BCUT2D eigenvalue weighted by Crippen LogP contribution is -2.53. The van der Waals surface area contributed by atoms with Crippen LogP contribution in [0.5, 0.6) is 0 Å². The molecule has 8 bridgehead atoms. The number of ether oxygens (including phenoxy) is 4. The van der Waals surface area contributed by atoms with Gasteiger partial charge in [-0.05, 0) is 153 Å². The van der Waals surface area contributed by atoms with Gasteiger partial charge >= 0.3 is 11.9 Å². The van der Waals surface area contributed by atoms with Crippen LogP contribution >= 0.6 is 0 Å². The van der Waals surface area contributed by atoms with E-state index in [1.165, 1.54) is 38.5 Å². The van der Waals surface area contributed by atoms with Crippen LogP contribution in [0.1, 0.15) is 130 Å². The molecule has 0 N–H and O–H groups in total. The summed E-state index contributed by atoms with van der Waals surface area (Å²) in [6, 6.07) is 4.25. The lowest BCUT2D eigenvalue weighted by atomic mass is 9.54. The fraction of sp³-hybridized carbons (Fsp3) is 0.889. The smallest absolute Gasteiger partial charge is 0.308 e. The fourth-order valence-corrected chi connectivity index (χ4v) is 10.8. The molecule has 10 nitrogen and oxygen atoms in total. The number of carbonyl (C=O) groups is 2. The van der Waals surface area contributed by atoms with E-state index in [-0.39, 0.29) is 36.9 Å².